The topological polar surface area (TPSA) is 167 Å². The van der Waals surface area contributed by atoms with Gasteiger partial charge in [-0.05, 0) is 32.3 Å². The predicted molar refractivity (Wildman–Crippen MR) is 130 cm³/mol. The molecule has 13 heteroatoms. The van der Waals surface area contributed by atoms with E-state index in [-0.39, 0.29) is 46.7 Å². The Kier molecular flexibility index (Phi) is 12.0. The van der Waals surface area contributed by atoms with Crippen molar-refractivity contribution in [3.05, 3.63) is 11.0 Å². The van der Waals surface area contributed by atoms with Crippen molar-refractivity contribution in [1.82, 2.24) is 10.2 Å². The number of carbonyl (C=O) groups excluding carboxylic acids is 4. The molecule has 194 valence electrons. The summed E-state index contributed by atoms with van der Waals surface area (Å²) >= 11 is 6.08. The number of nitrogens with zero attached hydrogens (tertiary/aromatic N) is 1. The van der Waals surface area contributed by atoms with Crippen molar-refractivity contribution in [1.29, 1.82) is 0 Å². The van der Waals surface area contributed by atoms with Crippen LogP contribution in [0.2, 0.25) is 0 Å². The summed E-state index contributed by atoms with van der Waals surface area (Å²) in [5.41, 5.74) is 0. The molecule has 3 unspecified atom stereocenters. The highest BCUT2D eigenvalue weighted by atomic mass is 32.2. The fraction of sp³-hybridized carbons (Fsp3) is 0.591. The zero-order valence-corrected chi connectivity index (χ0v) is 21.6. The van der Waals surface area contributed by atoms with E-state index in [1.165, 1.54) is 24.8 Å². The molecule has 1 aliphatic heterocycles. The zero-order chi connectivity index (χ0) is 26.9. The number of thioether (sulfide) groups is 1. The van der Waals surface area contributed by atoms with E-state index in [1.807, 2.05) is 0 Å². The molecule has 0 aromatic carbocycles. The molecule has 35 heavy (non-hydrogen) atoms. The number of carbonyl (C=O) groups is 6. The summed E-state index contributed by atoms with van der Waals surface area (Å²) in [5, 5.41) is 20.4. The van der Waals surface area contributed by atoms with E-state index < -0.39 is 54.2 Å². The summed E-state index contributed by atoms with van der Waals surface area (Å²) in [6.45, 7) is 6.26. The van der Waals surface area contributed by atoms with Crippen LogP contribution in [0.15, 0.2) is 11.0 Å². The molecule has 3 N–H and O–H groups in total. The maximum Gasteiger partial charge on any atom is 0.310 e. The highest BCUT2D eigenvalue weighted by molar-refractivity contribution is 8.26. The number of amides is 2. The Morgan fingerprint density at radius 1 is 1.11 bits per heavy atom. The van der Waals surface area contributed by atoms with Crippen LogP contribution in [-0.2, 0) is 33.5 Å². The third-order valence-electron chi connectivity index (χ3n) is 5.00. The third-order valence-corrected chi connectivity index (χ3v) is 6.39. The number of ether oxygens (including phenoxy) is 1. The Balaban J connectivity index is 2.90. The van der Waals surface area contributed by atoms with Gasteiger partial charge in [0.2, 0.25) is 0 Å². The Bertz CT molecular complexity index is 917. The smallest absolute Gasteiger partial charge is 0.310 e. The summed E-state index contributed by atoms with van der Waals surface area (Å²) < 4.78 is 5.40. The van der Waals surface area contributed by atoms with Gasteiger partial charge in [-0.1, -0.05) is 37.8 Å². The summed E-state index contributed by atoms with van der Waals surface area (Å²) in [5.74, 6) is -5.37. The van der Waals surface area contributed by atoms with Crippen LogP contribution in [0.3, 0.4) is 0 Å². The van der Waals surface area contributed by atoms with Gasteiger partial charge in [0.05, 0.1) is 23.3 Å². The average Bonchev–Trinajstić information content (AvgIpc) is 2.97. The van der Waals surface area contributed by atoms with Crippen LogP contribution in [0.5, 0.6) is 0 Å². The van der Waals surface area contributed by atoms with Gasteiger partial charge in [0.25, 0.3) is 11.8 Å². The summed E-state index contributed by atoms with van der Waals surface area (Å²) in [6.07, 6.45) is -0.534. The van der Waals surface area contributed by atoms with E-state index in [0.29, 0.717) is 0 Å². The molecule has 0 saturated carbocycles. The monoisotopic (exact) mass is 530 g/mol. The summed E-state index contributed by atoms with van der Waals surface area (Å²) in [4.78, 5) is 72.5. The Hall–Kier alpha value is -2.80. The third kappa shape index (κ3) is 10.1. The number of thiocarbonyl (C=S) groups is 1. The van der Waals surface area contributed by atoms with Crippen LogP contribution < -0.4 is 5.32 Å². The molecule has 0 bridgehead atoms. The van der Waals surface area contributed by atoms with Gasteiger partial charge in [-0.3, -0.25) is 28.9 Å². The molecule has 0 aromatic rings. The number of aliphatic carboxylic acids is 2. The highest BCUT2D eigenvalue weighted by Gasteiger charge is 2.34. The van der Waals surface area contributed by atoms with Crippen LogP contribution in [0, 0.1) is 11.8 Å². The van der Waals surface area contributed by atoms with Crippen molar-refractivity contribution in [3.8, 4) is 0 Å². The maximum absolute atomic E-state index is 12.6. The fourth-order valence-corrected chi connectivity index (χ4v) is 4.48. The molecule has 1 saturated heterocycles. The number of hydrogen-bond donors (Lipinski definition) is 3. The molecule has 11 nitrogen and oxygen atoms in total. The molecule has 1 fully saturated rings. The average molecular weight is 531 g/mol. The molecule has 1 rings (SSSR count). The second-order valence-electron chi connectivity index (χ2n) is 8.40. The van der Waals surface area contributed by atoms with E-state index >= 15 is 0 Å². The molecule has 3 atom stereocenters. The molecule has 1 aliphatic rings. The molecular weight excluding hydrogens is 500 g/mol. The van der Waals surface area contributed by atoms with Crippen molar-refractivity contribution in [2.24, 2.45) is 11.8 Å². The lowest BCUT2D eigenvalue weighted by Gasteiger charge is -2.22. The molecule has 0 aliphatic carbocycles. The molecular formula is C22H30N2O9S2. The SMILES string of the molecule is CC(=O)CC(C(=O)OC(C)C(=O)NC(/C=C1/SC(=S)N(CCCC(=O)O)C1=O)CC(=O)O)C(C)C. The first-order valence-corrected chi connectivity index (χ1v) is 12.1. The Labute approximate surface area is 212 Å². The summed E-state index contributed by atoms with van der Waals surface area (Å²) in [7, 11) is 0. The number of esters is 1. The molecule has 0 spiro atoms. The van der Waals surface area contributed by atoms with E-state index in [1.54, 1.807) is 13.8 Å². The van der Waals surface area contributed by atoms with Gasteiger partial charge in [0.1, 0.15) is 10.1 Å². The number of ketones is 1. The largest absolute Gasteiger partial charge is 0.481 e. The number of carboxylic acid groups (broad SMARTS) is 2. The van der Waals surface area contributed by atoms with Gasteiger partial charge in [0.15, 0.2) is 6.10 Å². The van der Waals surface area contributed by atoms with Crippen LogP contribution in [0.4, 0.5) is 0 Å². The van der Waals surface area contributed by atoms with Gasteiger partial charge in [0, 0.05) is 19.4 Å². The minimum absolute atomic E-state index is 0.0270. The van der Waals surface area contributed by atoms with E-state index in [9.17, 15) is 33.9 Å². The van der Waals surface area contributed by atoms with Crippen LogP contribution >= 0.6 is 24.0 Å². The first-order chi connectivity index (χ1) is 16.2. The lowest BCUT2D eigenvalue weighted by Crippen LogP contribution is -2.43. The minimum Gasteiger partial charge on any atom is -0.481 e. The van der Waals surface area contributed by atoms with E-state index in [2.05, 4.69) is 5.32 Å². The Morgan fingerprint density at radius 2 is 1.74 bits per heavy atom. The standard InChI is InChI=1S/C22H30N2O9S2/c1-11(2)15(8-12(3)25)21(32)33-13(4)19(30)23-14(10-18(28)29)9-16-20(31)24(22(34)35-16)7-5-6-17(26)27/h9,11,13-15H,5-8,10H2,1-4H3,(H,23,30)(H,26,27)(H,28,29)/b16-9+. The van der Waals surface area contributed by atoms with Gasteiger partial charge >= 0.3 is 17.9 Å². The zero-order valence-electron chi connectivity index (χ0n) is 19.9. The van der Waals surface area contributed by atoms with Crippen LogP contribution in [0.25, 0.3) is 0 Å². The molecule has 2 amide bonds. The number of Topliss-reactive ketones (excluding diaryl/α,β-unsaturated/α-hetero) is 1. The maximum atomic E-state index is 12.6. The van der Waals surface area contributed by atoms with Gasteiger partial charge < -0.3 is 25.1 Å². The molecule has 1 heterocycles. The number of carboxylic acids is 2. The van der Waals surface area contributed by atoms with Crippen molar-refractivity contribution < 1.29 is 43.7 Å². The van der Waals surface area contributed by atoms with Crippen molar-refractivity contribution in [2.75, 3.05) is 6.54 Å². The predicted octanol–water partition coefficient (Wildman–Crippen LogP) is 1.74. The van der Waals surface area contributed by atoms with E-state index in [0.717, 1.165) is 11.8 Å². The lowest BCUT2D eigenvalue weighted by molar-refractivity contribution is -0.161. The Morgan fingerprint density at radius 3 is 2.26 bits per heavy atom. The van der Waals surface area contributed by atoms with Crippen molar-refractivity contribution in [2.45, 2.75) is 65.5 Å². The first kappa shape index (κ1) is 30.2. The number of rotatable bonds is 14. The molecule has 0 radical (unpaired) electrons. The quantitative estimate of drug-likeness (QED) is 0.170. The van der Waals surface area contributed by atoms with Gasteiger partial charge in [-0.25, -0.2) is 0 Å². The number of hydrogen-bond acceptors (Lipinski definition) is 9. The minimum atomic E-state index is -1.27. The van der Waals surface area contributed by atoms with Crippen LogP contribution in [-0.4, -0.2) is 73.6 Å². The van der Waals surface area contributed by atoms with Gasteiger partial charge in [-0.15, -0.1) is 0 Å². The van der Waals surface area contributed by atoms with Crippen molar-refractivity contribution in [3.63, 3.8) is 0 Å². The highest BCUT2D eigenvalue weighted by Crippen LogP contribution is 2.31. The molecule has 0 aromatic heterocycles. The fourth-order valence-electron chi connectivity index (χ4n) is 3.13. The first-order valence-electron chi connectivity index (χ1n) is 10.9. The second-order valence-corrected chi connectivity index (χ2v) is 10.1. The van der Waals surface area contributed by atoms with Crippen LogP contribution in [0.1, 0.15) is 53.4 Å². The lowest BCUT2D eigenvalue weighted by atomic mass is 9.91. The van der Waals surface area contributed by atoms with Gasteiger partial charge in [-0.2, -0.15) is 0 Å². The number of nitrogens with one attached hydrogen (secondary N) is 1. The summed E-state index contributed by atoms with van der Waals surface area (Å²) in [6, 6.07) is -1.10. The van der Waals surface area contributed by atoms with Crippen molar-refractivity contribution >= 4 is 63.8 Å². The second kappa shape index (κ2) is 13.9. The van der Waals surface area contributed by atoms with E-state index in [4.69, 9.17) is 22.1 Å². The normalized spacial score (nSPS) is 17.3.